The van der Waals surface area contributed by atoms with Gasteiger partial charge in [-0.05, 0) is 24.5 Å². The van der Waals surface area contributed by atoms with E-state index in [0.29, 0.717) is 0 Å². The Kier molecular flexibility index (Phi) is 7.62. The molecule has 1 unspecified atom stereocenters. The molecule has 0 amide bonds. The molecule has 23 heavy (non-hydrogen) atoms. The van der Waals surface area contributed by atoms with Gasteiger partial charge in [0.05, 0.1) is 6.10 Å². The molecule has 0 fully saturated rings. The van der Waals surface area contributed by atoms with E-state index in [-0.39, 0.29) is 6.10 Å². The molecular formula is C22H26O. The van der Waals surface area contributed by atoms with Crippen LogP contribution in [0, 0.1) is 0 Å². The summed E-state index contributed by atoms with van der Waals surface area (Å²) < 4.78 is 6.16. The summed E-state index contributed by atoms with van der Waals surface area (Å²) in [4.78, 5) is 0. The molecule has 1 aromatic rings. The first-order valence-electron chi connectivity index (χ1n) is 7.81. The number of allylic oxidation sites excluding steroid dienone is 6. The van der Waals surface area contributed by atoms with Crippen molar-refractivity contribution in [1.29, 1.82) is 0 Å². The Bertz CT molecular complexity index is 629. The molecule has 0 radical (unpaired) electrons. The van der Waals surface area contributed by atoms with Crippen LogP contribution >= 0.6 is 0 Å². The van der Waals surface area contributed by atoms with Crippen molar-refractivity contribution in [2.45, 2.75) is 26.4 Å². The summed E-state index contributed by atoms with van der Waals surface area (Å²) in [7, 11) is 0. The first kappa shape index (κ1) is 18.5. The van der Waals surface area contributed by atoms with Gasteiger partial charge in [0.25, 0.3) is 0 Å². The van der Waals surface area contributed by atoms with Crippen LogP contribution in [0.15, 0.2) is 97.9 Å². The zero-order valence-electron chi connectivity index (χ0n) is 14.2. The summed E-state index contributed by atoms with van der Waals surface area (Å²) in [5, 5.41) is 0. The largest absolute Gasteiger partial charge is 0.489 e. The third-order valence-electron chi connectivity index (χ3n) is 3.52. The van der Waals surface area contributed by atoms with E-state index in [1.165, 1.54) is 0 Å². The smallest absolute Gasteiger partial charge is 0.134 e. The van der Waals surface area contributed by atoms with Crippen LogP contribution < -0.4 is 0 Å². The maximum absolute atomic E-state index is 6.16. The molecule has 0 bridgehead atoms. The van der Waals surface area contributed by atoms with E-state index < -0.39 is 0 Å². The molecular weight excluding hydrogens is 280 g/mol. The van der Waals surface area contributed by atoms with E-state index in [4.69, 9.17) is 4.74 Å². The fourth-order valence-corrected chi connectivity index (χ4v) is 1.97. The molecule has 0 aromatic heterocycles. The highest BCUT2D eigenvalue weighted by Gasteiger charge is 2.15. The molecule has 1 aromatic carbocycles. The molecule has 1 heteroatoms. The molecule has 0 heterocycles. The Morgan fingerprint density at radius 3 is 2.35 bits per heavy atom. The van der Waals surface area contributed by atoms with Crippen molar-refractivity contribution in [2.75, 3.05) is 0 Å². The number of hydrogen-bond acceptors (Lipinski definition) is 1. The fourth-order valence-electron chi connectivity index (χ4n) is 1.97. The van der Waals surface area contributed by atoms with Crippen molar-refractivity contribution < 1.29 is 4.74 Å². The molecule has 120 valence electrons. The molecule has 0 aliphatic rings. The van der Waals surface area contributed by atoms with Crippen molar-refractivity contribution in [3.8, 4) is 0 Å². The highest BCUT2D eigenvalue weighted by molar-refractivity contribution is 5.79. The van der Waals surface area contributed by atoms with Gasteiger partial charge in [-0.3, -0.25) is 0 Å². The van der Waals surface area contributed by atoms with Gasteiger partial charge in [-0.25, -0.2) is 0 Å². The predicted molar refractivity (Wildman–Crippen MR) is 102 cm³/mol. The Hall–Kier alpha value is -2.54. The lowest BCUT2D eigenvalue weighted by atomic mass is 9.98. The molecule has 0 N–H and O–H groups in total. The van der Waals surface area contributed by atoms with E-state index in [1.807, 2.05) is 55.5 Å². The van der Waals surface area contributed by atoms with Crippen molar-refractivity contribution in [1.82, 2.24) is 0 Å². The second-order valence-electron chi connectivity index (χ2n) is 5.25. The summed E-state index contributed by atoms with van der Waals surface area (Å²) >= 11 is 0. The Labute approximate surface area is 140 Å². The average Bonchev–Trinajstić information content (AvgIpc) is 2.59. The van der Waals surface area contributed by atoms with Crippen molar-refractivity contribution in [2.24, 2.45) is 0 Å². The average molecular weight is 306 g/mol. The minimum Gasteiger partial charge on any atom is -0.489 e. The van der Waals surface area contributed by atoms with Crippen LogP contribution in [0.3, 0.4) is 0 Å². The van der Waals surface area contributed by atoms with E-state index in [0.717, 1.165) is 34.5 Å². The van der Waals surface area contributed by atoms with E-state index in [9.17, 15) is 0 Å². The van der Waals surface area contributed by atoms with Gasteiger partial charge in [-0.1, -0.05) is 87.9 Å². The topological polar surface area (TPSA) is 9.23 Å². The lowest BCUT2D eigenvalue weighted by Crippen LogP contribution is -2.10. The van der Waals surface area contributed by atoms with Crippen LogP contribution in [-0.2, 0) is 4.74 Å². The monoisotopic (exact) mass is 306 g/mol. The second-order valence-corrected chi connectivity index (χ2v) is 5.25. The lowest BCUT2D eigenvalue weighted by Gasteiger charge is -2.21. The van der Waals surface area contributed by atoms with Crippen molar-refractivity contribution in [3.63, 3.8) is 0 Å². The Morgan fingerprint density at radius 2 is 1.83 bits per heavy atom. The zero-order chi connectivity index (χ0) is 17.2. The second kappa shape index (κ2) is 9.47. The van der Waals surface area contributed by atoms with Crippen LogP contribution in [-0.4, -0.2) is 6.10 Å². The number of ether oxygens (including phenoxy) is 1. The molecule has 0 aliphatic heterocycles. The standard InChI is InChI=1S/C22H26O/c1-7-10-14-17(4)19(6)22(23-18(5)8-2)21(9-3)20-15-12-11-13-16-20/h7,9-16,18H,1,3-4,6,8H2,2,5H3/b14-10-,22-21-. The number of rotatable bonds is 9. The maximum Gasteiger partial charge on any atom is 0.134 e. The van der Waals surface area contributed by atoms with Crippen molar-refractivity contribution in [3.05, 3.63) is 103 Å². The SMILES string of the molecule is C=C/C=C\C(=C)C(=C)/C(OC(C)CC)=C(\C=C)c1ccccc1. The van der Waals surface area contributed by atoms with Crippen LogP contribution in [0.1, 0.15) is 25.8 Å². The molecule has 0 aliphatic carbocycles. The third-order valence-corrected chi connectivity index (χ3v) is 3.52. The minimum atomic E-state index is 0.0802. The highest BCUT2D eigenvalue weighted by atomic mass is 16.5. The molecule has 0 saturated heterocycles. The summed E-state index contributed by atoms with van der Waals surface area (Å²) in [6.07, 6.45) is 8.22. The van der Waals surface area contributed by atoms with E-state index in [2.05, 4.69) is 33.2 Å². The van der Waals surface area contributed by atoms with Crippen LogP contribution in [0.4, 0.5) is 0 Å². The normalized spacial score (nSPS) is 13.1. The van der Waals surface area contributed by atoms with Gasteiger partial charge in [0, 0.05) is 11.1 Å². The highest BCUT2D eigenvalue weighted by Crippen LogP contribution is 2.30. The van der Waals surface area contributed by atoms with Crippen LogP contribution in [0.2, 0.25) is 0 Å². The summed E-state index contributed by atoms with van der Waals surface area (Å²) in [5.74, 6) is 0.722. The fraction of sp³-hybridized carbons (Fsp3) is 0.182. The van der Waals surface area contributed by atoms with Gasteiger partial charge in [0.15, 0.2) is 0 Å². The van der Waals surface area contributed by atoms with Gasteiger partial charge in [0.1, 0.15) is 5.76 Å². The zero-order valence-corrected chi connectivity index (χ0v) is 14.2. The van der Waals surface area contributed by atoms with Crippen LogP contribution in [0.5, 0.6) is 0 Å². The minimum absolute atomic E-state index is 0.0802. The van der Waals surface area contributed by atoms with Gasteiger partial charge in [-0.2, -0.15) is 0 Å². The molecule has 1 atom stereocenters. The summed E-state index contributed by atoms with van der Waals surface area (Å²) in [6, 6.07) is 10.0. The Morgan fingerprint density at radius 1 is 1.17 bits per heavy atom. The summed E-state index contributed by atoms with van der Waals surface area (Å²) in [5.41, 5.74) is 3.51. The van der Waals surface area contributed by atoms with Gasteiger partial charge < -0.3 is 4.74 Å². The number of hydrogen-bond donors (Lipinski definition) is 0. The molecule has 0 saturated carbocycles. The van der Waals surface area contributed by atoms with Crippen LogP contribution in [0.25, 0.3) is 5.57 Å². The predicted octanol–water partition coefficient (Wildman–Crippen LogP) is 6.25. The van der Waals surface area contributed by atoms with E-state index >= 15 is 0 Å². The van der Waals surface area contributed by atoms with Crippen molar-refractivity contribution >= 4 is 5.57 Å². The first-order chi connectivity index (χ1) is 11.0. The maximum atomic E-state index is 6.16. The van der Waals surface area contributed by atoms with Gasteiger partial charge >= 0.3 is 0 Å². The summed E-state index contributed by atoms with van der Waals surface area (Å²) in [6.45, 7) is 20.0. The molecule has 1 nitrogen and oxygen atoms in total. The quantitative estimate of drug-likeness (QED) is 0.387. The van der Waals surface area contributed by atoms with Gasteiger partial charge in [-0.15, -0.1) is 0 Å². The molecule has 1 rings (SSSR count). The lowest BCUT2D eigenvalue weighted by molar-refractivity contribution is 0.137. The molecule has 0 spiro atoms. The van der Waals surface area contributed by atoms with Gasteiger partial charge in [0.2, 0.25) is 0 Å². The third kappa shape index (κ3) is 5.30. The first-order valence-corrected chi connectivity index (χ1v) is 7.81. The Balaban J connectivity index is 3.37. The van der Waals surface area contributed by atoms with E-state index in [1.54, 1.807) is 6.08 Å². The number of benzene rings is 1.